The molecule has 1 saturated heterocycles. The minimum absolute atomic E-state index is 0.212. The van der Waals surface area contributed by atoms with E-state index in [-0.39, 0.29) is 6.04 Å². The van der Waals surface area contributed by atoms with Gasteiger partial charge in [-0.05, 0) is 28.5 Å². The second kappa shape index (κ2) is 6.49. The van der Waals surface area contributed by atoms with Crippen molar-refractivity contribution in [2.24, 2.45) is 0 Å². The van der Waals surface area contributed by atoms with E-state index < -0.39 is 0 Å². The zero-order valence-corrected chi connectivity index (χ0v) is 13.2. The van der Waals surface area contributed by atoms with Crippen LogP contribution >= 0.6 is 0 Å². The Morgan fingerprint density at radius 3 is 2.48 bits per heavy atom. The van der Waals surface area contributed by atoms with E-state index in [9.17, 15) is 0 Å². The van der Waals surface area contributed by atoms with E-state index >= 15 is 0 Å². The van der Waals surface area contributed by atoms with E-state index in [0.717, 1.165) is 31.9 Å². The summed E-state index contributed by atoms with van der Waals surface area (Å²) in [5.41, 5.74) is 2.48. The summed E-state index contributed by atoms with van der Waals surface area (Å²) in [6.07, 6.45) is 1.90. The Bertz CT molecular complexity index is 774. The third-order valence-electron chi connectivity index (χ3n) is 4.60. The Morgan fingerprint density at radius 2 is 1.65 bits per heavy atom. The number of nitrogens with zero attached hydrogens (tertiary/aromatic N) is 2. The summed E-state index contributed by atoms with van der Waals surface area (Å²) >= 11 is 0. The van der Waals surface area contributed by atoms with E-state index in [1.54, 1.807) is 0 Å². The molecule has 3 heteroatoms. The van der Waals surface area contributed by atoms with Gasteiger partial charge in [0, 0.05) is 32.4 Å². The van der Waals surface area contributed by atoms with E-state index in [2.05, 4.69) is 69.8 Å². The smallest absolute Gasteiger partial charge is 0.0783 e. The van der Waals surface area contributed by atoms with Crippen LogP contribution < -0.4 is 5.32 Å². The minimum Gasteiger partial charge on any atom is -0.314 e. The van der Waals surface area contributed by atoms with Gasteiger partial charge in [0.2, 0.25) is 0 Å². The molecule has 1 aliphatic heterocycles. The van der Waals surface area contributed by atoms with Crippen LogP contribution in [0.4, 0.5) is 0 Å². The average Bonchev–Trinajstić information content (AvgIpc) is 2.64. The molecule has 0 radical (unpaired) electrons. The SMILES string of the molecule is c1ccc(C(c2cccc3ccccc23)N2CCNCC2)nc1. The highest BCUT2D eigenvalue weighted by Crippen LogP contribution is 2.32. The highest BCUT2D eigenvalue weighted by molar-refractivity contribution is 5.86. The van der Waals surface area contributed by atoms with Crippen molar-refractivity contribution in [1.82, 2.24) is 15.2 Å². The molecule has 0 aliphatic carbocycles. The average molecular weight is 303 g/mol. The van der Waals surface area contributed by atoms with Crippen LogP contribution in [0.25, 0.3) is 10.8 Å². The van der Waals surface area contributed by atoms with Gasteiger partial charge in [-0.15, -0.1) is 0 Å². The van der Waals surface area contributed by atoms with Gasteiger partial charge in [0.25, 0.3) is 0 Å². The summed E-state index contributed by atoms with van der Waals surface area (Å²) in [6.45, 7) is 4.16. The monoisotopic (exact) mass is 303 g/mol. The second-order valence-electron chi connectivity index (χ2n) is 6.01. The summed E-state index contributed by atoms with van der Waals surface area (Å²) in [5, 5.41) is 6.06. The summed E-state index contributed by atoms with van der Waals surface area (Å²) in [6, 6.07) is 21.7. The van der Waals surface area contributed by atoms with Crippen LogP contribution in [0.15, 0.2) is 66.9 Å². The van der Waals surface area contributed by atoms with Crippen molar-refractivity contribution in [3.63, 3.8) is 0 Å². The molecule has 23 heavy (non-hydrogen) atoms. The highest BCUT2D eigenvalue weighted by Gasteiger charge is 2.26. The van der Waals surface area contributed by atoms with Crippen LogP contribution in [0.3, 0.4) is 0 Å². The minimum atomic E-state index is 0.212. The van der Waals surface area contributed by atoms with Crippen molar-refractivity contribution in [3.8, 4) is 0 Å². The first kappa shape index (κ1) is 14.4. The van der Waals surface area contributed by atoms with Gasteiger partial charge in [0.1, 0.15) is 0 Å². The molecule has 4 rings (SSSR count). The lowest BCUT2D eigenvalue weighted by Gasteiger charge is -2.35. The first-order chi connectivity index (χ1) is 11.4. The van der Waals surface area contributed by atoms with Gasteiger partial charge in [-0.1, -0.05) is 48.5 Å². The number of nitrogens with one attached hydrogen (secondary N) is 1. The standard InChI is InChI=1S/C20H21N3/c1-2-8-17-16(6-1)7-5-9-18(17)20(19-10-3-4-11-22-19)23-14-12-21-13-15-23/h1-11,20-21H,12-15H2. The van der Waals surface area contributed by atoms with Crippen LogP contribution in [0.2, 0.25) is 0 Å². The molecule has 0 amide bonds. The third-order valence-corrected chi connectivity index (χ3v) is 4.60. The molecule has 1 N–H and O–H groups in total. The molecule has 1 aromatic heterocycles. The first-order valence-electron chi connectivity index (χ1n) is 8.27. The fraction of sp³-hybridized carbons (Fsp3) is 0.250. The topological polar surface area (TPSA) is 28.2 Å². The molecule has 1 fully saturated rings. The molecular weight excluding hydrogens is 282 g/mol. The normalized spacial score (nSPS) is 17.2. The number of piperazine rings is 1. The van der Waals surface area contributed by atoms with Crippen LogP contribution in [0.5, 0.6) is 0 Å². The quantitative estimate of drug-likeness (QED) is 0.805. The number of aromatic nitrogens is 1. The van der Waals surface area contributed by atoms with Crippen molar-refractivity contribution >= 4 is 10.8 Å². The summed E-state index contributed by atoms with van der Waals surface area (Å²) < 4.78 is 0. The molecule has 3 aromatic rings. The molecular formula is C20H21N3. The predicted octanol–water partition coefficient (Wildman–Crippen LogP) is 3.23. The second-order valence-corrected chi connectivity index (χ2v) is 6.01. The number of benzene rings is 2. The van der Waals surface area contributed by atoms with Crippen LogP contribution in [0.1, 0.15) is 17.3 Å². The van der Waals surface area contributed by atoms with Crippen molar-refractivity contribution in [2.45, 2.75) is 6.04 Å². The molecule has 3 nitrogen and oxygen atoms in total. The molecule has 0 bridgehead atoms. The molecule has 1 unspecified atom stereocenters. The molecule has 0 saturated carbocycles. The number of rotatable bonds is 3. The van der Waals surface area contributed by atoms with Gasteiger partial charge in [0.15, 0.2) is 0 Å². The van der Waals surface area contributed by atoms with Crippen LogP contribution in [0, 0.1) is 0 Å². The largest absolute Gasteiger partial charge is 0.314 e. The Hall–Kier alpha value is -2.23. The zero-order valence-electron chi connectivity index (χ0n) is 13.2. The van der Waals surface area contributed by atoms with Gasteiger partial charge >= 0.3 is 0 Å². The Balaban J connectivity index is 1.86. The van der Waals surface area contributed by atoms with Gasteiger partial charge in [-0.3, -0.25) is 9.88 Å². The molecule has 1 atom stereocenters. The zero-order chi connectivity index (χ0) is 15.5. The highest BCUT2D eigenvalue weighted by atomic mass is 15.2. The fourth-order valence-corrected chi connectivity index (χ4v) is 3.51. The molecule has 1 aliphatic rings. The number of hydrogen-bond acceptors (Lipinski definition) is 3. The number of pyridine rings is 1. The van der Waals surface area contributed by atoms with Gasteiger partial charge in [0.05, 0.1) is 11.7 Å². The Morgan fingerprint density at radius 1 is 0.870 bits per heavy atom. The summed E-state index contributed by atoms with van der Waals surface area (Å²) in [4.78, 5) is 7.22. The van der Waals surface area contributed by atoms with Gasteiger partial charge in [-0.2, -0.15) is 0 Å². The van der Waals surface area contributed by atoms with Crippen molar-refractivity contribution in [1.29, 1.82) is 0 Å². The predicted molar refractivity (Wildman–Crippen MR) is 94.5 cm³/mol. The van der Waals surface area contributed by atoms with Crippen LogP contribution in [-0.2, 0) is 0 Å². The van der Waals surface area contributed by atoms with E-state index in [0.29, 0.717) is 0 Å². The van der Waals surface area contributed by atoms with Gasteiger partial charge < -0.3 is 5.32 Å². The van der Waals surface area contributed by atoms with Gasteiger partial charge in [-0.25, -0.2) is 0 Å². The van der Waals surface area contributed by atoms with E-state index in [1.165, 1.54) is 16.3 Å². The first-order valence-corrected chi connectivity index (χ1v) is 8.27. The summed E-state index contributed by atoms with van der Waals surface area (Å²) in [5.74, 6) is 0. The number of fused-ring (bicyclic) bond motifs is 1. The van der Waals surface area contributed by atoms with Crippen molar-refractivity contribution in [3.05, 3.63) is 78.1 Å². The van der Waals surface area contributed by atoms with Crippen LogP contribution in [-0.4, -0.2) is 36.1 Å². The number of hydrogen-bond donors (Lipinski definition) is 1. The maximum atomic E-state index is 4.68. The summed E-state index contributed by atoms with van der Waals surface area (Å²) in [7, 11) is 0. The lowest BCUT2D eigenvalue weighted by Crippen LogP contribution is -2.45. The Kier molecular flexibility index (Phi) is 4.05. The molecule has 2 aromatic carbocycles. The van der Waals surface area contributed by atoms with Crippen molar-refractivity contribution in [2.75, 3.05) is 26.2 Å². The maximum Gasteiger partial charge on any atom is 0.0783 e. The molecule has 0 spiro atoms. The third kappa shape index (κ3) is 2.85. The lowest BCUT2D eigenvalue weighted by molar-refractivity contribution is 0.196. The van der Waals surface area contributed by atoms with Crippen molar-refractivity contribution < 1.29 is 0 Å². The lowest BCUT2D eigenvalue weighted by atomic mass is 9.94. The van der Waals surface area contributed by atoms with E-state index in [1.807, 2.05) is 12.3 Å². The fourth-order valence-electron chi connectivity index (χ4n) is 3.51. The molecule has 2 heterocycles. The van der Waals surface area contributed by atoms with E-state index in [4.69, 9.17) is 0 Å². The molecule has 116 valence electrons. The maximum absolute atomic E-state index is 4.68. The Labute approximate surface area is 137 Å².